The number of aromatic nitrogens is 2. The third-order valence-corrected chi connectivity index (χ3v) is 12.5. The van der Waals surface area contributed by atoms with E-state index in [2.05, 4.69) is 197 Å². The summed E-state index contributed by atoms with van der Waals surface area (Å²) in [4.78, 5) is 4.25. The van der Waals surface area contributed by atoms with E-state index in [1.54, 1.807) is 0 Å². The van der Waals surface area contributed by atoms with Crippen LogP contribution in [0.5, 0.6) is 0 Å². The first-order chi connectivity index (χ1) is 30.5. The van der Waals surface area contributed by atoms with E-state index in [-0.39, 0.29) is 0 Å². The lowest BCUT2D eigenvalue weighted by Gasteiger charge is -2.22. The summed E-state index contributed by atoms with van der Waals surface area (Å²) < 4.78 is 4.53. The van der Waals surface area contributed by atoms with Gasteiger partial charge in [-0.3, -0.25) is 0 Å². The zero-order valence-electron chi connectivity index (χ0n) is 34.3. The van der Waals surface area contributed by atoms with Gasteiger partial charge < -0.3 is 9.13 Å². The van der Waals surface area contributed by atoms with Crippen LogP contribution in [0, 0.1) is 31.8 Å². The van der Waals surface area contributed by atoms with Crippen molar-refractivity contribution in [3.8, 4) is 62.0 Å². The molecule has 0 saturated heterocycles. The van der Waals surface area contributed by atoms with Crippen LogP contribution in [-0.2, 0) is 0 Å². The number of nitriles is 1. The number of hydrogen-bond donors (Lipinski definition) is 0. The Morgan fingerprint density at radius 3 is 0.984 bits per heavy atom. The topological polar surface area (TPSA) is 38.0 Å². The van der Waals surface area contributed by atoms with Crippen LogP contribution in [0.4, 0.5) is 5.69 Å². The molecule has 0 spiro atoms. The van der Waals surface area contributed by atoms with E-state index in [1.807, 2.05) is 31.2 Å². The van der Waals surface area contributed by atoms with Crippen LogP contribution in [0.15, 0.2) is 194 Å². The molecule has 290 valence electrons. The second-order valence-electron chi connectivity index (χ2n) is 16.0. The van der Waals surface area contributed by atoms with Gasteiger partial charge in [0.05, 0.1) is 45.6 Å². The minimum absolute atomic E-state index is 0.472. The van der Waals surface area contributed by atoms with Gasteiger partial charge in [-0.25, -0.2) is 4.85 Å². The van der Waals surface area contributed by atoms with Crippen molar-refractivity contribution >= 4 is 49.3 Å². The highest BCUT2D eigenvalue weighted by Crippen LogP contribution is 2.46. The summed E-state index contributed by atoms with van der Waals surface area (Å²) in [6.45, 7) is 12.7. The molecule has 0 aliphatic carbocycles. The van der Waals surface area contributed by atoms with E-state index in [9.17, 15) is 5.26 Å². The van der Waals surface area contributed by atoms with Crippen molar-refractivity contribution in [1.82, 2.24) is 9.13 Å². The predicted molar refractivity (Wildman–Crippen MR) is 257 cm³/mol. The van der Waals surface area contributed by atoms with E-state index in [0.717, 1.165) is 105 Å². The van der Waals surface area contributed by atoms with Gasteiger partial charge in [0.25, 0.3) is 0 Å². The van der Waals surface area contributed by atoms with Crippen LogP contribution in [-0.4, -0.2) is 9.13 Å². The van der Waals surface area contributed by atoms with Gasteiger partial charge in [-0.05, 0) is 118 Å². The molecule has 11 aromatic rings. The first-order valence-corrected chi connectivity index (χ1v) is 20.9. The summed E-state index contributed by atoms with van der Waals surface area (Å²) in [5.41, 5.74) is 17.1. The van der Waals surface area contributed by atoms with Gasteiger partial charge in [-0.2, -0.15) is 5.26 Å². The Labute approximate surface area is 360 Å². The summed E-state index contributed by atoms with van der Waals surface area (Å²) in [5, 5.41) is 15.5. The van der Waals surface area contributed by atoms with E-state index >= 15 is 0 Å². The zero-order valence-corrected chi connectivity index (χ0v) is 34.3. The number of hydrogen-bond acceptors (Lipinski definition) is 1. The minimum Gasteiger partial charge on any atom is -0.319 e. The average Bonchev–Trinajstić information content (AvgIpc) is 3.83. The van der Waals surface area contributed by atoms with Crippen molar-refractivity contribution < 1.29 is 0 Å². The molecule has 0 atom stereocenters. The first kappa shape index (κ1) is 36.6. The molecule has 9 aromatic carbocycles. The van der Waals surface area contributed by atoms with Crippen molar-refractivity contribution in [1.29, 1.82) is 5.26 Å². The SMILES string of the molecule is [C-]#[N+]c1c(C)c(C#N)c(-n2c3ccc(-c4ccccc4)cc3c3cc(-c4ccccc4)ccc32)c(C)c1-n1c2ccc(-c3ccccc3)cc2c2cc(-c3ccccc3)ccc21. The Balaban J connectivity index is 1.24. The molecular weight excluding hydrogens is 753 g/mol. The highest BCUT2D eigenvalue weighted by Gasteiger charge is 2.27. The quantitative estimate of drug-likeness (QED) is 0.155. The molecule has 0 bridgehead atoms. The van der Waals surface area contributed by atoms with E-state index in [4.69, 9.17) is 6.57 Å². The van der Waals surface area contributed by atoms with Crippen LogP contribution < -0.4 is 0 Å². The van der Waals surface area contributed by atoms with Crippen LogP contribution in [0.2, 0.25) is 0 Å². The maximum atomic E-state index is 11.1. The smallest absolute Gasteiger partial charge is 0.215 e. The molecule has 0 unspecified atom stereocenters. The fraction of sp³-hybridized carbons (Fsp3) is 0.0345. The van der Waals surface area contributed by atoms with Crippen LogP contribution in [0.1, 0.15) is 16.7 Å². The van der Waals surface area contributed by atoms with Crippen LogP contribution in [0.3, 0.4) is 0 Å². The van der Waals surface area contributed by atoms with Gasteiger partial charge in [0.15, 0.2) is 0 Å². The van der Waals surface area contributed by atoms with Gasteiger partial charge >= 0.3 is 0 Å². The molecule has 0 aliphatic heterocycles. The molecule has 0 saturated carbocycles. The second kappa shape index (κ2) is 14.7. The number of fused-ring (bicyclic) bond motifs is 6. The molecule has 2 aromatic heterocycles. The lowest BCUT2D eigenvalue weighted by molar-refractivity contribution is 1.08. The summed E-state index contributed by atoms with van der Waals surface area (Å²) in [6.07, 6.45) is 0. The van der Waals surface area contributed by atoms with E-state index in [0.29, 0.717) is 16.8 Å². The molecule has 0 N–H and O–H groups in total. The summed E-state index contributed by atoms with van der Waals surface area (Å²) in [6, 6.07) is 71.1. The standard InChI is InChI=1S/C58H38N4/c1-37-51(36-59)57(61-52-28-24-43(39-16-8-4-9-17-39)32-47(52)48-33-44(25-29-53(48)61)40-18-10-5-11-19-40)38(2)58(56(37)60-3)62-54-30-26-45(41-20-12-6-13-21-41)34-49(54)50-35-46(27-31-55(50)62)42-22-14-7-15-23-42/h4-35H,1-2H3. The number of nitrogens with zero attached hydrogens (tertiary/aromatic N) is 4. The van der Waals surface area contributed by atoms with Gasteiger partial charge in [-0.15, -0.1) is 0 Å². The Kier molecular flexibility index (Phi) is 8.67. The minimum atomic E-state index is 0.472. The lowest BCUT2D eigenvalue weighted by atomic mass is 9.97. The Morgan fingerprint density at radius 2 is 0.694 bits per heavy atom. The van der Waals surface area contributed by atoms with Gasteiger partial charge in [0.1, 0.15) is 6.07 Å². The van der Waals surface area contributed by atoms with Gasteiger partial charge in [-0.1, -0.05) is 146 Å². The summed E-state index contributed by atoms with van der Waals surface area (Å²) >= 11 is 0. The molecule has 0 amide bonds. The zero-order chi connectivity index (χ0) is 41.9. The highest BCUT2D eigenvalue weighted by molar-refractivity contribution is 6.14. The molecule has 4 nitrogen and oxygen atoms in total. The third kappa shape index (κ3) is 5.74. The van der Waals surface area contributed by atoms with E-state index < -0.39 is 0 Å². The molecule has 62 heavy (non-hydrogen) atoms. The van der Waals surface area contributed by atoms with Gasteiger partial charge in [0, 0.05) is 21.5 Å². The monoisotopic (exact) mass is 790 g/mol. The van der Waals surface area contributed by atoms with Crippen LogP contribution >= 0.6 is 0 Å². The number of benzene rings is 9. The molecule has 2 heterocycles. The number of rotatable bonds is 6. The molecule has 11 rings (SSSR count). The van der Waals surface area contributed by atoms with Crippen molar-refractivity contribution in [3.05, 3.63) is 222 Å². The summed E-state index contributed by atoms with van der Waals surface area (Å²) in [5.74, 6) is 0. The molecule has 0 fully saturated rings. The highest BCUT2D eigenvalue weighted by atomic mass is 15.0. The normalized spacial score (nSPS) is 11.4. The van der Waals surface area contributed by atoms with E-state index in [1.165, 1.54) is 0 Å². The Hall–Kier alpha value is -8.44. The average molecular weight is 791 g/mol. The Bertz CT molecular complexity index is 3210. The lowest BCUT2D eigenvalue weighted by Crippen LogP contribution is -2.08. The second-order valence-corrected chi connectivity index (χ2v) is 16.0. The van der Waals surface area contributed by atoms with Crippen molar-refractivity contribution in [2.75, 3.05) is 0 Å². The molecule has 0 aliphatic rings. The largest absolute Gasteiger partial charge is 0.319 e. The molecular formula is C58H38N4. The van der Waals surface area contributed by atoms with Crippen molar-refractivity contribution in [3.63, 3.8) is 0 Å². The molecule has 4 heteroatoms. The fourth-order valence-corrected chi connectivity index (χ4v) is 9.55. The Morgan fingerprint density at radius 1 is 0.387 bits per heavy atom. The predicted octanol–water partition coefficient (Wildman–Crippen LogP) is 15.6. The summed E-state index contributed by atoms with van der Waals surface area (Å²) in [7, 11) is 0. The first-order valence-electron chi connectivity index (χ1n) is 20.9. The van der Waals surface area contributed by atoms with Crippen molar-refractivity contribution in [2.24, 2.45) is 0 Å². The van der Waals surface area contributed by atoms with Gasteiger partial charge in [0.2, 0.25) is 5.69 Å². The maximum Gasteiger partial charge on any atom is 0.215 e. The van der Waals surface area contributed by atoms with Crippen LogP contribution in [0.25, 0.3) is 104 Å². The van der Waals surface area contributed by atoms with Crippen molar-refractivity contribution in [2.45, 2.75) is 13.8 Å². The third-order valence-electron chi connectivity index (χ3n) is 12.5. The maximum absolute atomic E-state index is 11.1. The fourth-order valence-electron chi connectivity index (χ4n) is 9.55. The molecule has 0 radical (unpaired) electrons.